The lowest BCUT2D eigenvalue weighted by molar-refractivity contribution is -0.130. The molecule has 1 amide bonds. The van der Waals surface area contributed by atoms with Crippen LogP contribution in [0.1, 0.15) is 26.3 Å². The van der Waals surface area contributed by atoms with Crippen LogP contribution in [0.4, 0.5) is 0 Å². The van der Waals surface area contributed by atoms with Gasteiger partial charge in [-0.2, -0.15) is 0 Å². The molecule has 0 saturated carbocycles. The molecule has 0 aromatic heterocycles. The molecule has 0 saturated heterocycles. The van der Waals surface area contributed by atoms with E-state index in [0.717, 1.165) is 11.3 Å². The summed E-state index contributed by atoms with van der Waals surface area (Å²) in [5.41, 5.74) is 1.04. The Morgan fingerprint density at radius 2 is 1.90 bits per heavy atom. The maximum atomic E-state index is 11.8. The van der Waals surface area contributed by atoms with Crippen LogP contribution in [0.25, 0.3) is 0 Å². The molecule has 0 radical (unpaired) electrons. The fraction of sp³-hybridized carbons (Fsp3) is 0.562. The van der Waals surface area contributed by atoms with Crippen molar-refractivity contribution in [2.75, 3.05) is 21.2 Å². The molecule has 0 aliphatic carbocycles. The molecule has 0 heterocycles. The first-order valence-corrected chi connectivity index (χ1v) is 7.13. The Bertz CT molecular complexity index is 473. The summed E-state index contributed by atoms with van der Waals surface area (Å²) in [5, 5.41) is 3.20. The van der Waals surface area contributed by atoms with Crippen molar-refractivity contribution in [2.45, 2.75) is 39.5 Å². The zero-order chi connectivity index (χ0) is 16.0. The third-order valence-electron chi connectivity index (χ3n) is 3.01. The maximum Gasteiger partial charge on any atom is 0.238 e. The fourth-order valence-electron chi connectivity index (χ4n) is 1.92. The number of nitrogens with zero attached hydrogens (tertiary/aromatic N) is 1. The van der Waals surface area contributed by atoms with Gasteiger partial charge in [0.15, 0.2) is 11.5 Å². The topological polar surface area (TPSA) is 50.8 Å². The number of methoxy groups -OCH3 is 1. The highest BCUT2D eigenvalue weighted by molar-refractivity contribution is 5.80. The Balaban J connectivity index is 2.70. The minimum atomic E-state index is -0.224. The molecule has 0 aliphatic heterocycles. The van der Waals surface area contributed by atoms with Crippen molar-refractivity contribution >= 4 is 5.91 Å². The Kier molecular flexibility index (Phi) is 6.49. The van der Waals surface area contributed by atoms with Crippen molar-refractivity contribution in [3.8, 4) is 11.5 Å². The first kappa shape index (κ1) is 17.3. The molecule has 1 N–H and O–H groups in total. The van der Waals surface area contributed by atoms with Crippen LogP contribution < -0.4 is 14.8 Å². The van der Waals surface area contributed by atoms with E-state index < -0.39 is 0 Å². The predicted octanol–water partition coefficient (Wildman–Crippen LogP) is 2.05. The van der Waals surface area contributed by atoms with E-state index in [2.05, 4.69) is 5.32 Å². The number of hydrogen-bond acceptors (Lipinski definition) is 4. The van der Waals surface area contributed by atoms with E-state index in [9.17, 15) is 4.79 Å². The Morgan fingerprint density at radius 1 is 1.24 bits per heavy atom. The van der Waals surface area contributed by atoms with Gasteiger partial charge in [0.2, 0.25) is 5.91 Å². The molecule has 0 spiro atoms. The van der Waals surface area contributed by atoms with Gasteiger partial charge in [0.1, 0.15) is 0 Å². The van der Waals surface area contributed by atoms with Crippen LogP contribution in [-0.2, 0) is 11.3 Å². The Hall–Kier alpha value is -1.75. The molecule has 5 nitrogen and oxygen atoms in total. The number of likely N-dealkylation sites (N-methyl/N-ethyl adjacent to an activating group) is 1. The number of carbonyl (C=O) groups is 1. The second-order valence-electron chi connectivity index (χ2n) is 5.49. The lowest BCUT2D eigenvalue weighted by Gasteiger charge is -2.19. The van der Waals surface area contributed by atoms with E-state index >= 15 is 0 Å². The minimum Gasteiger partial charge on any atom is -0.493 e. The van der Waals surface area contributed by atoms with Gasteiger partial charge in [-0.25, -0.2) is 0 Å². The summed E-state index contributed by atoms with van der Waals surface area (Å²) in [4.78, 5) is 13.4. The van der Waals surface area contributed by atoms with Gasteiger partial charge in [-0.1, -0.05) is 6.07 Å². The number of rotatable bonds is 7. The number of nitrogens with one attached hydrogen (secondary N) is 1. The lowest BCUT2D eigenvalue weighted by atomic mass is 10.2. The van der Waals surface area contributed by atoms with Crippen LogP contribution >= 0.6 is 0 Å². The van der Waals surface area contributed by atoms with Crippen molar-refractivity contribution in [1.29, 1.82) is 0 Å². The lowest BCUT2D eigenvalue weighted by Crippen LogP contribution is -2.41. The van der Waals surface area contributed by atoms with Crippen molar-refractivity contribution in [3.63, 3.8) is 0 Å². The van der Waals surface area contributed by atoms with Crippen molar-refractivity contribution < 1.29 is 14.3 Å². The predicted molar refractivity (Wildman–Crippen MR) is 83.8 cm³/mol. The van der Waals surface area contributed by atoms with Gasteiger partial charge in [-0.15, -0.1) is 0 Å². The standard InChI is InChI=1S/C16H26N2O3/c1-11(2)21-14-8-7-13(9-15(14)20-6)10-17-12(3)16(19)18(4)5/h7-9,11-12,17H,10H2,1-6H3. The summed E-state index contributed by atoms with van der Waals surface area (Å²) < 4.78 is 11.0. The molecule has 1 unspecified atom stereocenters. The van der Waals surface area contributed by atoms with Gasteiger partial charge in [0.25, 0.3) is 0 Å². The molecule has 1 atom stereocenters. The summed E-state index contributed by atoms with van der Waals surface area (Å²) in [6.07, 6.45) is 0.0978. The fourth-order valence-corrected chi connectivity index (χ4v) is 1.92. The molecule has 1 rings (SSSR count). The molecule has 1 aromatic carbocycles. The maximum absolute atomic E-state index is 11.8. The van der Waals surface area contributed by atoms with E-state index in [0.29, 0.717) is 12.3 Å². The minimum absolute atomic E-state index is 0.0572. The smallest absolute Gasteiger partial charge is 0.238 e. The molecule has 5 heteroatoms. The largest absolute Gasteiger partial charge is 0.493 e. The molecular formula is C16H26N2O3. The second kappa shape index (κ2) is 7.88. The van der Waals surface area contributed by atoms with E-state index in [-0.39, 0.29) is 18.1 Å². The summed E-state index contributed by atoms with van der Waals surface area (Å²) >= 11 is 0. The number of hydrogen-bond donors (Lipinski definition) is 1. The first-order chi connectivity index (χ1) is 9.85. The molecule has 0 aliphatic rings. The number of carbonyl (C=O) groups excluding carboxylic acids is 1. The van der Waals surface area contributed by atoms with Gasteiger partial charge in [0, 0.05) is 20.6 Å². The zero-order valence-corrected chi connectivity index (χ0v) is 13.8. The summed E-state index contributed by atoms with van der Waals surface area (Å²) in [6.45, 7) is 6.40. The highest BCUT2D eigenvalue weighted by Crippen LogP contribution is 2.28. The molecule has 0 bridgehead atoms. The normalized spacial score (nSPS) is 12.1. The molecular weight excluding hydrogens is 268 g/mol. The average Bonchev–Trinajstić information content (AvgIpc) is 2.44. The van der Waals surface area contributed by atoms with Crippen molar-refractivity contribution in [1.82, 2.24) is 10.2 Å². The van der Waals surface area contributed by atoms with Gasteiger partial charge >= 0.3 is 0 Å². The van der Waals surface area contributed by atoms with E-state index in [1.165, 1.54) is 0 Å². The van der Waals surface area contributed by atoms with Crippen LogP contribution in [-0.4, -0.2) is 44.2 Å². The van der Waals surface area contributed by atoms with Crippen LogP contribution in [0.3, 0.4) is 0 Å². The monoisotopic (exact) mass is 294 g/mol. The SMILES string of the molecule is COc1cc(CNC(C)C(=O)N(C)C)ccc1OC(C)C. The van der Waals surface area contributed by atoms with Crippen LogP contribution in [0.5, 0.6) is 11.5 Å². The molecule has 0 fully saturated rings. The Morgan fingerprint density at radius 3 is 2.43 bits per heavy atom. The summed E-state index contributed by atoms with van der Waals surface area (Å²) in [6, 6.07) is 5.57. The summed E-state index contributed by atoms with van der Waals surface area (Å²) in [5.74, 6) is 1.49. The third-order valence-corrected chi connectivity index (χ3v) is 3.01. The van der Waals surface area contributed by atoms with Gasteiger partial charge < -0.3 is 19.7 Å². The van der Waals surface area contributed by atoms with Crippen LogP contribution in [0.15, 0.2) is 18.2 Å². The quantitative estimate of drug-likeness (QED) is 0.836. The van der Waals surface area contributed by atoms with Crippen LogP contribution in [0, 0.1) is 0 Å². The third kappa shape index (κ3) is 5.27. The highest BCUT2D eigenvalue weighted by atomic mass is 16.5. The zero-order valence-electron chi connectivity index (χ0n) is 13.8. The first-order valence-electron chi connectivity index (χ1n) is 7.13. The number of amides is 1. The molecule has 118 valence electrons. The highest BCUT2D eigenvalue weighted by Gasteiger charge is 2.14. The van der Waals surface area contributed by atoms with Crippen LogP contribution in [0.2, 0.25) is 0 Å². The molecule has 21 heavy (non-hydrogen) atoms. The number of ether oxygens (including phenoxy) is 2. The number of benzene rings is 1. The van der Waals surface area contributed by atoms with E-state index in [1.807, 2.05) is 39.0 Å². The van der Waals surface area contributed by atoms with Gasteiger partial charge in [-0.3, -0.25) is 4.79 Å². The van der Waals surface area contributed by atoms with E-state index in [4.69, 9.17) is 9.47 Å². The second-order valence-corrected chi connectivity index (χ2v) is 5.49. The Labute approximate surface area is 127 Å². The summed E-state index contributed by atoms with van der Waals surface area (Å²) in [7, 11) is 5.13. The average molecular weight is 294 g/mol. The van der Waals surface area contributed by atoms with Crippen molar-refractivity contribution in [3.05, 3.63) is 23.8 Å². The van der Waals surface area contributed by atoms with Gasteiger partial charge in [0.05, 0.1) is 19.3 Å². The molecule has 1 aromatic rings. The van der Waals surface area contributed by atoms with E-state index in [1.54, 1.807) is 26.1 Å². The van der Waals surface area contributed by atoms with Gasteiger partial charge in [-0.05, 0) is 38.5 Å². The van der Waals surface area contributed by atoms with Crippen molar-refractivity contribution in [2.24, 2.45) is 0 Å².